The third kappa shape index (κ3) is 3.64. The second-order valence-electron chi connectivity index (χ2n) is 8.03. The highest BCUT2D eigenvalue weighted by molar-refractivity contribution is 5.82. The second-order valence-corrected chi connectivity index (χ2v) is 8.03. The van der Waals surface area contributed by atoms with Crippen LogP contribution >= 0.6 is 0 Å². The quantitative estimate of drug-likeness (QED) is 0.514. The van der Waals surface area contributed by atoms with E-state index in [-0.39, 0.29) is 5.56 Å². The summed E-state index contributed by atoms with van der Waals surface area (Å²) in [4.78, 5) is 27.7. The van der Waals surface area contributed by atoms with Crippen LogP contribution in [0.5, 0.6) is 5.75 Å². The number of anilines is 1. The summed E-state index contributed by atoms with van der Waals surface area (Å²) in [5, 5.41) is 0.409. The lowest BCUT2D eigenvalue weighted by atomic mass is 10.1. The number of ether oxygens (including phenoxy) is 2. The Morgan fingerprint density at radius 1 is 1.12 bits per heavy atom. The van der Waals surface area contributed by atoms with Gasteiger partial charge in [-0.2, -0.15) is 0 Å². The Hall–Kier alpha value is -3.72. The summed E-state index contributed by atoms with van der Waals surface area (Å²) in [7, 11) is 1.47. The number of hydrogen-bond donors (Lipinski definition) is 1. The van der Waals surface area contributed by atoms with E-state index in [2.05, 4.69) is 19.9 Å². The van der Waals surface area contributed by atoms with E-state index in [0.29, 0.717) is 46.8 Å². The predicted molar refractivity (Wildman–Crippen MR) is 124 cm³/mol. The number of halogens is 1. The Morgan fingerprint density at radius 2 is 1.91 bits per heavy atom. The van der Waals surface area contributed by atoms with Crippen molar-refractivity contribution in [3.63, 3.8) is 0 Å². The smallest absolute Gasteiger partial charge is 0.267 e. The molecule has 4 heterocycles. The zero-order valence-electron chi connectivity index (χ0n) is 18.7. The second kappa shape index (κ2) is 8.32. The SMILES string of the molecule is COc1cc(F)c(C)c(-n2cnc3[nH]c(-c4ccc(N5CCOCC5)nc4)cc3c2=O)c1C. The van der Waals surface area contributed by atoms with Crippen molar-refractivity contribution in [2.24, 2.45) is 0 Å². The molecule has 3 aromatic heterocycles. The van der Waals surface area contributed by atoms with E-state index in [1.54, 1.807) is 26.1 Å². The predicted octanol–water partition coefficient (Wildman–Crippen LogP) is 3.38. The highest BCUT2D eigenvalue weighted by Crippen LogP contribution is 2.30. The van der Waals surface area contributed by atoms with Crippen LogP contribution in [0.1, 0.15) is 11.1 Å². The van der Waals surface area contributed by atoms with Crippen LogP contribution in [0.2, 0.25) is 0 Å². The zero-order chi connectivity index (χ0) is 23.1. The number of nitrogens with zero attached hydrogens (tertiary/aromatic N) is 4. The van der Waals surface area contributed by atoms with E-state index in [9.17, 15) is 9.18 Å². The molecule has 170 valence electrons. The molecule has 0 aliphatic carbocycles. The number of nitrogens with one attached hydrogen (secondary N) is 1. The van der Waals surface area contributed by atoms with Gasteiger partial charge in [0.2, 0.25) is 0 Å². The molecule has 0 saturated carbocycles. The van der Waals surface area contributed by atoms with Crippen molar-refractivity contribution in [3.05, 3.63) is 64.1 Å². The summed E-state index contributed by atoms with van der Waals surface area (Å²) in [5.41, 5.74) is 3.20. The van der Waals surface area contributed by atoms with Crippen LogP contribution in [0.25, 0.3) is 28.0 Å². The highest BCUT2D eigenvalue weighted by atomic mass is 19.1. The Bertz CT molecular complexity index is 1390. The van der Waals surface area contributed by atoms with Crippen LogP contribution in [0.15, 0.2) is 41.6 Å². The number of fused-ring (bicyclic) bond motifs is 1. The van der Waals surface area contributed by atoms with Crippen LogP contribution in [0.4, 0.5) is 10.2 Å². The number of methoxy groups -OCH3 is 1. The molecule has 33 heavy (non-hydrogen) atoms. The van der Waals surface area contributed by atoms with Crippen LogP contribution < -0.4 is 15.2 Å². The summed E-state index contributed by atoms with van der Waals surface area (Å²) < 4.78 is 26.5. The molecule has 0 unspecified atom stereocenters. The maximum atomic E-state index is 14.5. The van der Waals surface area contributed by atoms with Crippen molar-refractivity contribution in [2.75, 3.05) is 38.3 Å². The van der Waals surface area contributed by atoms with E-state index in [4.69, 9.17) is 9.47 Å². The molecular weight excluding hydrogens is 425 g/mol. The van der Waals surface area contributed by atoms with Gasteiger partial charge in [-0.3, -0.25) is 9.36 Å². The minimum atomic E-state index is -0.444. The number of H-pyrrole nitrogens is 1. The van der Waals surface area contributed by atoms with Gasteiger partial charge in [0.05, 0.1) is 31.4 Å². The molecule has 1 saturated heterocycles. The van der Waals surface area contributed by atoms with Gasteiger partial charge in [-0.05, 0) is 32.0 Å². The van der Waals surface area contributed by atoms with Crippen LogP contribution in [-0.4, -0.2) is 52.9 Å². The summed E-state index contributed by atoms with van der Waals surface area (Å²) in [5.74, 6) is 0.826. The van der Waals surface area contributed by atoms with Gasteiger partial charge < -0.3 is 19.4 Å². The lowest BCUT2D eigenvalue weighted by Gasteiger charge is -2.27. The van der Waals surface area contributed by atoms with Gasteiger partial charge in [-0.15, -0.1) is 0 Å². The lowest BCUT2D eigenvalue weighted by molar-refractivity contribution is 0.122. The average Bonchev–Trinajstić information content (AvgIpc) is 3.29. The molecule has 1 aromatic carbocycles. The molecule has 1 aliphatic rings. The van der Waals surface area contributed by atoms with Crippen LogP contribution in [0, 0.1) is 19.7 Å². The van der Waals surface area contributed by atoms with Crippen molar-refractivity contribution < 1.29 is 13.9 Å². The fraction of sp³-hybridized carbons (Fsp3) is 0.292. The number of aromatic nitrogens is 4. The maximum absolute atomic E-state index is 14.5. The third-order valence-corrected chi connectivity index (χ3v) is 6.10. The Balaban J connectivity index is 1.55. The number of pyridine rings is 1. The molecular formula is C24H24FN5O3. The van der Waals surface area contributed by atoms with Crippen LogP contribution in [-0.2, 0) is 4.74 Å². The molecule has 1 aliphatic heterocycles. The molecule has 9 heteroatoms. The van der Waals surface area contributed by atoms with Crippen molar-refractivity contribution in [1.29, 1.82) is 0 Å². The number of benzene rings is 1. The molecule has 1 N–H and O–H groups in total. The Morgan fingerprint density at radius 3 is 2.61 bits per heavy atom. The molecule has 0 spiro atoms. The molecule has 0 radical (unpaired) electrons. The first kappa shape index (κ1) is 21.1. The Labute approximate surface area is 189 Å². The van der Waals surface area contributed by atoms with Gasteiger partial charge in [0.15, 0.2) is 0 Å². The van der Waals surface area contributed by atoms with Gasteiger partial charge in [-0.1, -0.05) is 0 Å². The molecule has 1 fully saturated rings. The van der Waals surface area contributed by atoms with E-state index < -0.39 is 5.82 Å². The largest absolute Gasteiger partial charge is 0.496 e. The monoisotopic (exact) mass is 449 g/mol. The number of rotatable bonds is 4. The molecule has 0 bridgehead atoms. The number of aromatic amines is 1. The van der Waals surface area contributed by atoms with Crippen molar-refractivity contribution in [2.45, 2.75) is 13.8 Å². The van der Waals surface area contributed by atoms with Gasteiger partial charge in [-0.25, -0.2) is 14.4 Å². The van der Waals surface area contributed by atoms with Gasteiger partial charge in [0, 0.05) is 47.7 Å². The fourth-order valence-electron chi connectivity index (χ4n) is 4.26. The minimum Gasteiger partial charge on any atom is -0.496 e. The molecule has 5 rings (SSSR count). The molecule has 0 atom stereocenters. The number of hydrogen-bond acceptors (Lipinski definition) is 6. The number of morpholine rings is 1. The Kier molecular flexibility index (Phi) is 5.33. The van der Waals surface area contributed by atoms with E-state index in [1.165, 1.54) is 24.1 Å². The van der Waals surface area contributed by atoms with E-state index in [0.717, 1.165) is 30.2 Å². The van der Waals surface area contributed by atoms with Crippen LogP contribution in [0.3, 0.4) is 0 Å². The van der Waals surface area contributed by atoms with Gasteiger partial charge in [0.1, 0.15) is 29.4 Å². The first-order valence-electron chi connectivity index (χ1n) is 10.7. The molecule has 0 amide bonds. The average molecular weight is 449 g/mol. The zero-order valence-corrected chi connectivity index (χ0v) is 18.7. The standard InChI is InChI=1S/C24H24FN5O3/c1-14-18(25)11-20(32-3)15(2)22(14)30-13-27-23-17(24(30)31)10-19(28-23)16-4-5-21(26-12-16)29-6-8-33-9-7-29/h4-5,10-13,28H,6-9H2,1-3H3. The highest BCUT2D eigenvalue weighted by Gasteiger charge is 2.19. The fourth-order valence-corrected chi connectivity index (χ4v) is 4.26. The minimum absolute atomic E-state index is 0.292. The summed E-state index contributed by atoms with van der Waals surface area (Å²) in [6, 6.07) is 7.01. The normalized spacial score (nSPS) is 14.1. The molecule has 4 aromatic rings. The third-order valence-electron chi connectivity index (χ3n) is 6.10. The van der Waals surface area contributed by atoms with E-state index in [1.807, 2.05) is 12.1 Å². The molecule has 8 nitrogen and oxygen atoms in total. The maximum Gasteiger partial charge on any atom is 0.267 e. The first-order valence-corrected chi connectivity index (χ1v) is 10.7. The van der Waals surface area contributed by atoms with Gasteiger partial charge >= 0.3 is 0 Å². The van der Waals surface area contributed by atoms with E-state index >= 15 is 0 Å². The lowest BCUT2D eigenvalue weighted by Crippen LogP contribution is -2.36. The van der Waals surface area contributed by atoms with Crippen molar-refractivity contribution >= 4 is 16.9 Å². The summed E-state index contributed by atoms with van der Waals surface area (Å²) >= 11 is 0. The summed E-state index contributed by atoms with van der Waals surface area (Å²) in [6.07, 6.45) is 3.19. The van der Waals surface area contributed by atoms with Crippen molar-refractivity contribution in [1.82, 2.24) is 19.5 Å². The van der Waals surface area contributed by atoms with Gasteiger partial charge in [0.25, 0.3) is 5.56 Å². The first-order chi connectivity index (χ1) is 16.0. The summed E-state index contributed by atoms with van der Waals surface area (Å²) in [6.45, 7) is 6.44. The topological polar surface area (TPSA) is 85.3 Å². The van der Waals surface area contributed by atoms with Crippen molar-refractivity contribution in [3.8, 4) is 22.7 Å².